The summed E-state index contributed by atoms with van der Waals surface area (Å²) < 4.78 is 5.13. The van der Waals surface area contributed by atoms with E-state index in [1.54, 1.807) is 12.3 Å². The van der Waals surface area contributed by atoms with Crippen LogP contribution < -0.4 is 11.4 Å². The summed E-state index contributed by atoms with van der Waals surface area (Å²) in [6, 6.07) is 10.9. The predicted octanol–water partition coefficient (Wildman–Crippen LogP) is 2.13. The second kappa shape index (κ2) is 5.10. The first-order chi connectivity index (χ1) is 8.63. The number of carbonyl (C=O) groups excluding carboxylic acids is 1. The smallest absolute Gasteiger partial charge is 0.350 e. The molecule has 1 heterocycles. The molecule has 0 radical (unpaired) electrons. The maximum absolute atomic E-state index is 11.8. The van der Waals surface area contributed by atoms with Gasteiger partial charge in [0.2, 0.25) is 0 Å². The second-order valence-electron chi connectivity index (χ2n) is 3.57. The molecule has 0 saturated heterocycles. The number of primary amides is 1. The molecule has 4 nitrogen and oxygen atoms in total. The fourth-order valence-electron chi connectivity index (χ4n) is 1.60. The van der Waals surface area contributed by atoms with Gasteiger partial charge in [0.05, 0.1) is 0 Å². The third kappa shape index (κ3) is 2.31. The topological polar surface area (TPSA) is 73.3 Å². The zero-order valence-corrected chi connectivity index (χ0v) is 10.5. The lowest BCUT2D eigenvalue weighted by molar-refractivity contribution is 0.0993. The molecule has 0 aliphatic carbocycles. The minimum atomic E-state index is -0.771. The first-order valence-electron chi connectivity index (χ1n) is 5.21. The molecule has 18 heavy (non-hydrogen) atoms. The van der Waals surface area contributed by atoms with Crippen LogP contribution in [-0.4, -0.2) is 12.2 Å². The van der Waals surface area contributed by atoms with E-state index in [1.165, 1.54) is 11.8 Å². The van der Waals surface area contributed by atoms with E-state index in [9.17, 15) is 9.59 Å². The molecule has 1 aromatic carbocycles. The lowest BCUT2D eigenvalue weighted by Gasteiger charge is -2.05. The van der Waals surface area contributed by atoms with Crippen LogP contribution in [0.1, 0.15) is 10.4 Å². The molecule has 92 valence electrons. The van der Waals surface area contributed by atoms with Crippen LogP contribution in [0.5, 0.6) is 0 Å². The maximum Gasteiger partial charge on any atom is 0.350 e. The molecule has 5 heteroatoms. The van der Waals surface area contributed by atoms with Crippen LogP contribution in [0.25, 0.3) is 11.3 Å². The van der Waals surface area contributed by atoms with Crippen molar-refractivity contribution in [1.29, 1.82) is 0 Å². The normalized spacial score (nSPS) is 10.3. The third-order valence-electron chi connectivity index (χ3n) is 2.44. The van der Waals surface area contributed by atoms with Crippen LogP contribution in [0.4, 0.5) is 0 Å². The van der Waals surface area contributed by atoms with Crippen molar-refractivity contribution in [2.45, 2.75) is 4.90 Å². The average molecular weight is 261 g/mol. The van der Waals surface area contributed by atoms with Gasteiger partial charge in [-0.2, -0.15) is 0 Å². The highest BCUT2D eigenvalue weighted by Gasteiger charge is 2.16. The Kier molecular flexibility index (Phi) is 3.53. The Bertz CT molecular complexity index is 634. The fraction of sp³-hybridized carbons (Fsp3) is 0.0769. The third-order valence-corrected chi connectivity index (χ3v) is 3.20. The van der Waals surface area contributed by atoms with Crippen molar-refractivity contribution in [1.82, 2.24) is 0 Å². The quantitative estimate of drug-likeness (QED) is 0.859. The van der Waals surface area contributed by atoms with Crippen LogP contribution in [0.2, 0.25) is 0 Å². The summed E-state index contributed by atoms with van der Waals surface area (Å²) in [4.78, 5) is 23.5. The standard InChI is InChI=1S/C13H11NO3S/c1-18-10-7-9(8-5-3-2-4-6-8)17-13(16)11(10)12(14)15/h2-7H,1H3,(H2,14,15). The van der Waals surface area contributed by atoms with Gasteiger partial charge in [0.25, 0.3) is 5.91 Å². The van der Waals surface area contributed by atoms with E-state index >= 15 is 0 Å². The van der Waals surface area contributed by atoms with E-state index in [0.717, 1.165) is 5.56 Å². The molecule has 0 atom stereocenters. The molecule has 1 amide bonds. The van der Waals surface area contributed by atoms with Gasteiger partial charge in [0.15, 0.2) is 0 Å². The van der Waals surface area contributed by atoms with E-state index in [1.807, 2.05) is 30.3 Å². The molecule has 2 aromatic rings. The van der Waals surface area contributed by atoms with Crippen molar-refractivity contribution in [2.75, 3.05) is 6.26 Å². The van der Waals surface area contributed by atoms with E-state index < -0.39 is 11.5 Å². The molecular weight excluding hydrogens is 250 g/mol. The highest BCUT2D eigenvalue weighted by atomic mass is 32.2. The van der Waals surface area contributed by atoms with Crippen molar-refractivity contribution in [3.63, 3.8) is 0 Å². The SMILES string of the molecule is CSc1cc(-c2ccccc2)oc(=O)c1C(N)=O. The summed E-state index contributed by atoms with van der Waals surface area (Å²) in [5.74, 6) is -0.345. The monoisotopic (exact) mass is 261 g/mol. The predicted molar refractivity (Wildman–Crippen MR) is 70.7 cm³/mol. The highest BCUT2D eigenvalue weighted by Crippen LogP contribution is 2.25. The molecule has 0 saturated carbocycles. The van der Waals surface area contributed by atoms with Crippen LogP contribution >= 0.6 is 11.8 Å². The van der Waals surface area contributed by atoms with Gasteiger partial charge < -0.3 is 10.2 Å². The Morgan fingerprint density at radius 2 is 1.94 bits per heavy atom. The van der Waals surface area contributed by atoms with Gasteiger partial charge in [-0.3, -0.25) is 4.79 Å². The lowest BCUT2D eigenvalue weighted by Crippen LogP contribution is -2.22. The first-order valence-corrected chi connectivity index (χ1v) is 6.43. The number of rotatable bonds is 3. The van der Waals surface area contributed by atoms with Crippen LogP contribution in [0.15, 0.2) is 50.5 Å². The Morgan fingerprint density at radius 3 is 2.50 bits per heavy atom. The van der Waals surface area contributed by atoms with Gasteiger partial charge in [-0.25, -0.2) is 4.79 Å². The van der Waals surface area contributed by atoms with Crippen LogP contribution in [0, 0.1) is 0 Å². The Balaban J connectivity index is 2.64. The van der Waals surface area contributed by atoms with Crippen molar-refractivity contribution in [3.8, 4) is 11.3 Å². The fourth-order valence-corrected chi connectivity index (χ4v) is 2.21. The van der Waals surface area contributed by atoms with Crippen molar-refractivity contribution < 1.29 is 9.21 Å². The number of nitrogens with two attached hydrogens (primary N) is 1. The number of carbonyl (C=O) groups is 1. The summed E-state index contributed by atoms with van der Waals surface area (Å²) in [5.41, 5.74) is 5.15. The molecule has 2 N–H and O–H groups in total. The highest BCUT2D eigenvalue weighted by molar-refractivity contribution is 7.98. The molecule has 0 aliphatic rings. The van der Waals surface area contributed by atoms with E-state index in [0.29, 0.717) is 10.7 Å². The minimum Gasteiger partial charge on any atom is -0.422 e. The van der Waals surface area contributed by atoms with Gasteiger partial charge in [0.1, 0.15) is 11.3 Å². The second-order valence-corrected chi connectivity index (χ2v) is 4.42. The number of hydrogen-bond donors (Lipinski definition) is 1. The van der Waals surface area contributed by atoms with Crippen LogP contribution in [0.3, 0.4) is 0 Å². The molecule has 2 rings (SSSR count). The van der Waals surface area contributed by atoms with Gasteiger partial charge in [-0.05, 0) is 12.3 Å². The Labute approximate surface area is 108 Å². The van der Waals surface area contributed by atoms with Crippen LogP contribution in [-0.2, 0) is 0 Å². The van der Waals surface area contributed by atoms with Gasteiger partial charge in [-0.15, -0.1) is 11.8 Å². The molecule has 0 spiro atoms. The van der Waals surface area contributed by atoms with Crippen molar-refractivity contribution in [2.24, 2.45) is 5.73 Å². The summed E-state index contributed by atoms with van der Waals surface area (Å²) in [6.45, 7) is 0. The van der Waals surface area contributed by atoms with E-state index in [4.69, 9.17) is 10.2 Å². The van der Waals surface area contributed by atoms with E-state index in [-0.39, 0.29) is 5.56 Å². The van der Waals surface area contributed by atoms with Gasteiger partial charge >= 0.3 is 5.63 Å². The number of thioether (sulfide) groups is 1. The van der Waals surface area contributed by atoms with Gasteiger partial charge in [0, 0.05) is 10.5 Å². The molecular formula is C13H11NO3S. The van der Waals surface area contributed by atoms with E-state index in [2.05, 4.69) is 0 Å². The zero-order valence-electron chi connectivity index (χ0n) is 9.67. The molecule has 0 unspecified atom stereocenters. The minimum absolute atomic E-state index is 0.0952. The summed E-state index contributed by atoms with van der Waals surface area (Å²) >= 11 is 1.29. The summed E-state index contributed by atoms with van der Waals surface area (Å²) in [7, 11) is 0. The first kappa shape index (κ1) is 12.4. The Hall–Kier alpha value is -2.01. The summed E-state index contributed by atoms with van der Waals surface area (Å²) in [5, 5.41) is 0. The number of benzene rings is 1. The lowest BCUT2D eigenvalue weighted by atomic mass is 10.1. The largest absolute Gasteiger partial charge is 0.422 e. The molecule has 0 fully saturated rings. The Morgan fingerprint density at radius 1 is 1.28 bits per heavy atom. The molecule has 0 aliphatic heterocycles. The molecule has 0 bridgehead atoms. The molecule has 1 aromatic heterocycles. The number of hydrogen-bond acceptors (Lipinski definition) is 4. The number of amides is 1. The zero-order chi connectivity index (χ0) is 13.1. The van der Waals surface area contributed by atoms with Gasteiger partial charge in [-0.1, -0.05) is 30.3 Å². The van der Waals surface area contributed by atoms with Crippen molar-refractivity contribution in [3.05, 3.63) is 52.4 Å². The average Bonchev–Trinajstić information content (AvgIpc) is 2.38. The maximum atomic E-state index is 11.8. The summed E-state index contributed by atoms with van der Waals surface area (Å²) in [6.07, 6.45) is 1.77. The van der Waals surface area contributed by atoms with Crippen molar-refractivity contribution >= 4 is 17.7 Å².